The third-order valence-corrected chi connectivity index (χ3v) is 4.72. The van der Waals surface area contributed by atoms with E-state index in [1.807, 2.05) is 50.6 Å². The van der Waals surface area contributed by atoms with Gasteiger partial charge in [-0.2, -0.15) is 5.10 Å². The highest BCUT2D eigenvalue weighted by molar-refractivity contribution is 5.98. The molecule has 1 aliphatic rings. The highest BCUT2D eigenvalue weighted by Crippen LogP contribution is 2.24. The predicted octanol–water partition coefficient (Wildman–Crippen LogP) is 3.27. The van der Waals surface area contributed by atoms with Crippen molar-refractivity contribution in [1.29, 1.82) is 0 Å². The van der Waals surface area contributed by atoms with Crippen molar-refractivity contribution < 1.29 is 9.59 Å². The summed E-state index contributed by atoms with van der Waals surface area (Å²) in [6.07, 6.45) is 1.25. The fraction of sp³-hybridized carbons (Fsp3) is 0.450. The summed E-state index contributed by atoms with van der Waals surface area (Å²) in [5.41, 5.74) is 5.00. The van der Waals surface area contributed by atoms with Gasteiger partial charge in [-0.15, -0.1) is 0 Å². The van der Waals surface area contributed by atoms with E-state index in [0.717, 1.165) is 41.3 Å². The Balaban J connectivity index is 1.61. The van der Waals surface area contributed by atoms with Gasteiger partial charge >= 0.3 is 0 Å². The molecule has 0 aliphatic carbocycles. The van der Waals surface area contributed by atoms with Gasteiger partial charge in [0.05, 0.1) is 5.69 Å². The second-order valence-corrected chi connectivity index (χ2v) is 7.09. The topological polar surface area (TPSA) is 67.2 Å². The van der Waals surface area contributed by atoms with Crippen LogP contribution in [0.3, 0.4) is 0 Å². The van der Waals surface area contributed by atoms with Gasteiger partial charge in [0.25, 0.3) is 0 Å². The quantitative estimate of drug-likeness (QED) is 0.916. The van der Waals surface area contributed by atoms with E-state index < -0.39 is 0 Å². The number of fused-ring (bicyclic) bond motifs is 1. The smallest absolute Gasteiger partial charge is 0.228 e. The lowest BCUT2D eigenvalue weighted by Crippen LogP contribution is -2.37. The van der Waals surface area contributed by atoms with Gasteiger partial charge < -0.3 is 5.32 Å². The Labute approximate surface area is 154 Å². The fourth-order valence-electron chi connectivity index (χ4n) is 3.59. The van der Waals surface area contributed by atoms with Crippen LogP contribution in [-0.2, 0) is 16.1 Å². The van der Waals surface area contributed by atoms with Crippen molar-refractivity contribution in [2.24, 2.45) is 0 Å². The summed E-state index contributed by atoms with van der Waals surface area (Å²) >= 11 is 0. The molecule has 6 nitrogen and oxygen atoms in total. The van der Waals surface area contributed by atoms with E-state index in [2.05, 4.69) is 10.4 Å². The van der Waals surface area contributed by atoms with E-state index in [1.54, 1.807) is 4.90 Å². The molecule has 2 heterocycles. The highest BCUT2D eigenvalue weighted by atomic mass is 16.2. The molecule has 6 heteroatoms. The molecule has 0 spiro atoms. The van der Waals surface area contributed by atoms with Crippen molar-refractivity contribution in [2.45, 2.75) is 53.5 Å². The van der Waals surface area contributed by atoms with Crippen LogP contribution >= 0.6 is 0 Å². The summed E-state index contributed by atoms with van der Waals surface area (Å²) in [6, 6.07) is 6.02. The minimum atomic E-state index is -0.130. The minimum Gasteiger partial charge on any atom is -0.326 e. The van der Waals surface area contributed by atoms with Crippen molar-refractivity contribution in [2.75, 3.05) is 16.8 Å². The number of aryl methyl sites for hydroxylation is 5. The minimum absolute atomic E-state index is 0.0293. The third-order valence-electron chi connectivity index (χ3n) is 4.72. The molecule has 26 heavy (non-hydrogen) atoms. The Morgan fingerprint density at radius 3 is 2.42 bits per heavy atom. The number of aromatic nitrogens is 2. The van der Waals surface area contributed by atoms with Crippen molar-refractivity contribution in [3.63, 3.8) is 0 Å². The molecule has 3 rings (SSSR count). The maximum Gasteiger partial charge on any atom is 0.228 e. The van der Waals surface area contributed by atoms with E-state index in [1.165, 1.54) is 5.56 Å². The third kappa shape index (κ3) is 3.79. The van der Waals surface area contributed by atoms with Crippen molar-refractivity contribution in [3.05, 3.63) is 40.6 Å². The van der Waals surface area contributed by atoms with Crippen LogP contribution in [-0.4, -0.2) is 28.1 Å². The van der Waals surface area contributed by atoms with Gasteiger partial charge in [0.1, 0.15) is 5.82 Å². The van der Waals surface area contributed by atoms with Gasteiger partial charge in [0.2, 0.25) is 11.8 Å². The van der Waals surface area contributed by atoms with Crippen LogP contribution in [0.1, 0.15) is 41.6 Å². The molecule has 1 aromatic carbocycles. The van der Waals surface area contributed by atoms with Crippen LogP contribution in [0.5, 0.6) is 0 Å². The number of amides is 2. The molecule has 0 bridgehead atoms. The number of benzene rings is 1. The molecule has 1 aliphatic heterocycles. The first-order valence-corrected chi connectivity index (χ1v) is 9.07. The summed E-state index contributed by atoms with van der Waals surface area (Å²) in [5.74, 6) is 0.679. The van der Waals surface area contributed by atoms with Crippen LogP contribution in [0.4, 0.5) is 11.5 Å². The lowest BCUT2D eigenvalue weighted by molar-refractivity contribution is -0.122. The largest absolute Gasteiger partial charge is 0.326 e. The van der Waals surface area contributed by atoms with Gasteiger partial charge in [-0.05, 0) is 45.2 Å². The van der Waals surface area contributed by atoms with Crippen molar-refractivity contribution in [3.8, 4) is 0 Å². The number of rotatable bonds is 4. The Morgan fingerprint density at radius 2 is 1.73 bits per heavy atom. The van der Waals surface area contributed by atoms with E-state index >= 15 is 0 Å². The molecular formula is C20H26N4O2. The highest BCUT2D eigenvalue weighted by Gasteiger charge is 2.24. The molecule has 2 amide bonds. The van der Waals surface area contributed by atoms with Crippen LogP contribution in [0, 0.1) is 27.7 Å². The fourth-order valence-corrected chi connectivity index (χ4v) is 3.59. The van der Waals surface area contributed by atoms with Gasteiger partial charge in [0, 0.05) is 37.7 Å². The molecule has 1 N–H and O–H groups in total. The molecule has 0 saturated carbocycles. The second kappa shape index (κ2) is 7.32. The molecule has 0 radical (unpaired) electrons. The number of nitrogens with one attached hydrogen (secondary N) is 1. The number of nitrogens with zero attached hydrogens (tertiary/aromatic N) is 3. The number of hydrogen-bond donors (Lipinski definition) is 1. The van der Waals surface area contributed by atoms with Crippen molar-refractivity contribution >= 4 is 23.3 Å². The number of carbonyl (C=O) groups excluding carboxylic acids is 2. The van der Waals surface area contributed by atoms with Gasteiger partial charge in [-0.1, -0.05) is 17.7 Å². The first-order valence-electron chi connectivity index (χ1n) is 9.07. The van der Waals surface area contributed by atoms with Crippen molar-refractivity contribution in [1.82, 2.24) is 9.78 Å². The Kier molecular flexibility index (Phi) is 5.11. The molecule has 0 fully saturated rings. The zero-order valence-electron chi connectivity index (χ0n) is 15.9. The predicted molar refractivity (Wildman–Crippen MR) is 102 cm³/mol. The zero-order valence-corrected chi connectivity index (χ0v) is 15.9. The lowest BCUT2D eigenvalue weighted by Gasteiger charge is -2.27. The zero-order chi connectivity index (χ0) is 18.8. The maximum atomic E-state index is 12.6. The van der Waals surface area contributed by atoms with Crippen LogP contribution in [0.25, 0.3) is 0 Å². The summed E-state index contributed by atoms with van der Waals surface area (Å²) in [4.78, 5) is 26.7. The number of anilines is 2. The summed E-state index contributed by atoms with van der Waals surface area (Å²) < 4.78 is 1.87. The van der Waals surface area contributed by atoms with Crippen LogP contribution in [0.2, 0.25) is 0 Å². The molecule has 0 saturated heterocycles. The Morgan fingerprint density at radius 1 is 1.04 bits per heavy atom. The van der Waals surface area contributed by atoms with Gasteiger partial charge in [0.15, 0.2) is 0 Å². The molecule has 2 aromatic rings. The summed E-state index contributed by atoms with van der Waals surface area (Å²) in [7, 11) is 0. The van der Waals surface area contributed by atoms with E-state index in [-0.39, 0.29) is 24.7 Å². The first kappa shape index (κ1) is 18.2. The molecule has 0 atom stereocenters. The van der Waals surface area contributed by atoms with E-state index in [9.17, 15) is 9.59 Å². The monoisotopic (exact) mass is 354 g/mol. The normalized spacial score (nSPS) is 13.5. The summed E-state index contributed by atoms with van der Waals surface area (Å²) in [6.45, 7) is 9.44. The lowest BCUT2D eigenvalue weighted by atomic mass is 10.0. The molecule has 0 unspecified atom stereocenters. The number of carbonyl (C=O) groups is 2. The average molecular weight is 354 g/mol. The molecule has 138 valence electrons. The molecule has 1 aromatic heterocycles. The van der Waals surface area contributed by atoms with Crippen LogP contribution < -0.4 is 10.2 Å². The van der Waals surface area contributed by atoms with E-state index in [4.69, 9.17) is 0 Å². The van der Waals surface area contributed by atoms with Gasteiger partial charge in [-0.3, -0.25) is 14.5 Å². The molecular weight excluding hydrogens is 328 g/mol. The Bertz CT molecular complexity index is 830. The average Bonchev–Trinajstić information content (AvgIpc) is 2.95. The summed E-state index contributed by atoms with van der Waals surface area (Å²) in [5, 5.41) is 7.36. The van der Waals surface area contributed by atoms with Crippen LogP contribution in [0.15, 0.2) is 18.2 Å². The van der Waals surface area contributed by atoms with E-state index in [0.29, 0.717) is 6.54 Å². The SMILES string of the molecule is Cc1cc(C)c(NC(=O)CCC(=O)N2CCCn3nc(C)cc32)c(C)c1. The number of hydrogen-bond acceptors (Lipinski definition) is 3. The first-order chi connectivity index (χ1) is 12.3. The standard InChI is InChI=1S/C20H26N4O2/c1-13-10-14(2)20(15(3)11-13)21-17(25)6-7-19(26)23-8-5-9-24-18(23)12-16(4)22-24/h10-12H,5-9H2,1-4H3,(H,21,25). The Hall–Kier alpha value is -2.63. The van der Waals surface area contributed by atoms with Gasteiger partial charge in [-0.25, -0.2) is 4.68 Å². The second-order valence-electron chi connectivity index (χ2n) is 7.09. The maximum absolute atomic E-state index is 12.6.